The second kappa shape index (κ2) is 11.4. The largest absolute Gasteiger partial charge is 0.363 e. The van der Waals surface area contributed by atoms with Crippen LogP contribution in [0.5, 0.6) is 0 Å². The van der Waals surface area contributed by atoms with Gasteiger partial charge in [0.15, 0.2) is 0 Å². The van der Waals surface area contributed by atoms with Crippen LogP contribution in [0.3, 0.4) is 0 Å². The minimum absolute atomic E-state index is 0.120. The molecule has 1 aliphatic carbocycles. The first-order chi connectivity index (χ1) is 20.3. The highest BCUT2D eigenvalue weighted by Gasteiger charge is 2.44. The lowest BCUT2D eigenvalue weighted by Gasteiger charge is -2.33. The van der Waals surface area contributed by atoms with Crippen molar-refractivity contribution in [2.75, 3.05) is 38.1 Å². The normalized spacial score (nSPS) is 21.8. The van der Waals surface area contributed by atoms with Crippen LogP contribution in [0.1, 0.15) is 46.8 Å². The molecule has 10 heteroatoms. The van der Waals surface area contributed by atoms with E-state index in [0.29, 0.717) is 18.8 Å². The number of nitro benzene ring substituents is 1. The Morgan fingerprint density at radius 2 is 1.64 bits per heavy atom. The first-order valence-electron chi connectivity index (χ1n) is 14.1. The number of carbonyl (C=O) groups is 1. The number of carbonyl (C=O) groups excluding carboxylic acids is 1. The van der Waals surface area contributed by atoms with Gasteiger partial charge < -0.3 is 9.80 Å². The molecule has 2 unspecified atom stereocenters. The highest BCUT2D eigenvalue weighted by molar-refractivity contribution is 6.09. The number of amides is 1. The Labute approximate surface area is 242 Å². The molecule has 0 aromatic heterocycles. The Kier molecular flexibility index (Phi) is 7.55. The fraction of sp³-hybridized carbons (Fsp3) is 0.312. The number of likely N-dealkylation sites (N-methyl/N-ethyl adjacent to an activating group) is 1. The van der Waals surface area contributed by atoms with Crippen LogP contribution >= 0.6 is 0 Å². The van der Waals surface area contributed by atoms with Gasteiger partial charge in [-0.25, -0.2) is 13.8 Å². The van der Waals surface area contributed by atoms with Gasteiger partial charge in [-0.1, -0.05) is 24.3 Å². The molecule has 0 spiro atoms. The zero-order chi connectivity index (χ0) is 29.4. The van der Waals surface area contributed by atoms with E-state index in [2.05, 4.69) is 4.90 Å². The number of anilines is 1. The number of nitrogens with zero attached hydrogens (tertiary/aromatic N) is 5. The van der Waals surface area contributed by atoms with Crippen LogP contribution in [0.2, 0.25) is 0 Å². The lowest BCUT2D eigenvalue weighted by molar-refractivity contribution is -0.384. The monoisotopic (exact) mass is 571 g/mol. The number of allylic oxidation sites excluding steroid dienone is 1. The second-order valence-electron chi connectivity index (χ2n) is 11.1. The van der Waals surface area contributed by atoms with Crippen molar-refractivity contribution in [1.82, 2.24) is 9.91 Å². The summed E-state index contributed by atoms with van der Waals surface area (Å²) in [5, 5.41) is 18.4. The van der Waals surface area contributed by atoms with Crippen LogP contribution in [-0.4, -0.2) is 59.7 Å². The molecule has 6 rings (SSSR count). The zero-order valence-electron chi connectivity index (χ0n) is 23.2. The van der Waals surface area contributed by atoms with Crippen molar-refractivity contribution < 1.29 is 18.5 Å². The molecule has 0 bridgehead atoms. The van der Waals surface area contributed by atoms with Crippen LogP contribution in [0.25, 0.3) is 6.08 Å². The molecule has 2 aliphatic heterocycles. The molecule has 2 heterocycles. The van der Waals surface area contributed by atoms with E-state index in [4.69, 9.17) is 5.10 Å². The van der Waals surface area contributed by atoms with Crippen LogP contribution < -0.4 is 4.90 Å². The van der Waals surface area contributed by atoms with Crippen LogP contribution in [0.15, 0.2) is 77.4 Å². The summed E-state index contributed by atoms with van der Waals surface area (Å²) in [6, 6.07) is 16.4. The molecule has 216 valence electrons. The summed E-state index contributed by atoms with van der Waals surface area (Å²) in [4.78, 5) is 29.9. The molecule has 3 aliphatic rings. The minimum Gasteiger partial charge on any atom is -0.363 e. The van der Waals surface area contributed by atoms with Gasteiger partial charge in [0.25, 0.3) is 11.6 Å². The Bertz CT molecular complexity index is 1560. The summed E-state index contributed by atoms with van der Waals surface area (Å²) in [5.74, 6) is -1.30. The highest BCUT2D eigenvalue weighted by Crippen LogP contribution is 2.45. The van der Waals surface area contributed by atoms with Gasteiger partial charge in [0, 0.05) is 43.7 Å². The lowest BCUT2D eigenvalue weighted by Crippen LogP contribution is -2.44. The van der Waals surface area contributed by atoms with Crippen molar-refractivity contribution in [3.63, 3.8) is 0 Å². The zero-order valence-corrected chi connectivity index (χ0v) is 23.2. The Hall–Kier alpha value is -4.44. The van der Waals surface area contributed by atoms with Gasteiger partial charge in [0.1, 0.15) is 17.3 Å². The van der Waals surface area contributed by atoms with E-state index in [0.717, 1.165) is 54.8 Å². The van der Waals surface area contributed by atoms with Gasteiger partial charge in [-0.05, 0) is 85.5 Å². The lowest BCUT2D eigenvalue weighted by atomic mass is 9.77. The molecular weight excluding hydrogens is 540 g/mol. The van der Waals surface area contributed by atoms with Gasteiger partial charge in [-0.15, -0.1) is 0 Å². The maximum absolute atomic E-state index is 14.1. The second-order valence-corrected chi connectivity index (χ2v) is 11.1. The van der Waals surface area contributed by atoms with Gasteiger partial charge in [-0.3, -0.25) is 14.9 Å². The van der Waals surface area contributed by atoms with E-state index in [-0.39, 0.29) is 28.8 Å². The van der Waals surface area contributed by atoms with Crippen molar-refractivity contribution in [3.8, 4) is 0 Å². The molecule has 3 aromatic rings. The number of hydrogen-bond donors (Lipinski definition) is 0. The van der Waals surface area contributed by atoms with Gasteiger partial charge >= 0.3 is 0 Å². The topological polar surface area (TPSA) is 82.3 Å². The first-order valence-corrected chi connectivity index (χ1v) is 14.1. The fourth-order valence-electron chi connectivity index (χ4n) is 6.17. The number of hydrogen-bond acceptors (Lipinski definition) is 6. The molecule has 1 saturated heterocycles. The van der Waals surface area contributed by atoms with E-state index in [9.17, 15) is 23.7 Å². The maximum atomic E-state index is 14.1. The highest BCUT2D eigenvalue weighted by atomic mass is 19.1. The summed E-state index contributed by atoms with van der Waals surface area (Å²) < 4.78 is 27.4. The molecule has 3 aromatic carbocycles. The smallest absolute Gasteiger partial charge is 0.293 e. The molecule has 1 saturated carbocycles. The third-order valence-electron chi connectivity index (χ3n) is 8.40. The SMILES string of the molecule is CN1CCN(c2ccc(C(=O)N3N=C4/C(=C/c5ccc(F)cc5)CCCC4C3c3ccc(F)cc3)cc2[N+](=O)[O-])CC1. The van der Waals surface area contributed by atoms with Crippen molar-refractivity contribution in [2.24, 2.45) is 11.0 Å². The van der Waals surface area contributed by atoms with E-state index in [1.54, 1.807) is 36.4 Å². The van der Waals surface area contributed by atoms with Crippen molar-refractivity contribution >= 4 is 29.1 Å². The van der Waals surface area contributed by atoms with E-state index < -0.39 is 16.9 Å². The molecule has 8 nitrogen and oxygen atoms in total. The maximum Gasteiger partial charge on any atom is 0.293 e. The molecule has 1 amide bonds. The molecule has 42 heavy (non-hydrogen) atoms. The number of fused-ring (bicyclic) bond motifs is 1. The summed E-state index contributed by atoms with van der Waals surface area (Å²) in [7, 11) is 2.01. The Morgan fingerprint density at radius 1 is 0.976 bits per heavy atom. The summed E-state index contributed by atoms with van der Waals surface area (Å²) in [6.45, 7) is 2.89. The minimum atomic E-state index is -0.499. The van der Waals surface area contributed by atoms with E-state index >= 15 is 0 Å². The standard InChI is InChI=1S/C32H31F2N5O3/c1-36-15-17-37(18-16-36)28-14-9-24(20-29(28)39(41)42)32(40)38-31(22-7-12-26(34)13-8-22)27-4-2-3-23(30(27)35-38)19-21-5-10-25(33)11-6-21/h5-14,19-20,27,31H,2-4,15-18H2,1H3/b23-19+. The summed E-state index contributed by atoms with van der Waals surface area (Å²) in [5.41, 5.74) is 3.82. The van der Waals surface area contributed by atoms with E-state index in [1.165, 1.54) is 35.3 Å². The Morgan fingerprint density at radius 3 is 2.31 bits per heavy atom. The molecule has 0 radical (unpaired) electrons. The predicted octanol–water partition coefficient (Wildman–Crippen LogP) is 6.06. The van der Waals surface area contributed by atoms with Crippen LogP contribution in [0, 0.1) is 27.7 Å². The van der Waals surface area contributed by atoms with Crippen LogP contribution in [-0.2, 0) is 0 Å². The average molecular weight is 572 g/mol. The van der Waals surface area contributed by atoms with Gasteiger partial charge in [-0.2, -0.15) is 5.10 Å². The molecule has 2 atom stereocenters. The quantitative estimate of drug-likeness (QED) is 0.275. The van der Waals surface area contributed by atoms with Crippen LogP contribution in [0.4, 0.5) is 20.2 Å². The number of piperazine rings is 1. The molecule has 2 fully saturated rings. The van der Waals surface area contributed by atoms with Crippen molar-refractivity contribution in [2.45, 2.75) is 25.3 Å². The van der Waals surface area contributed by atoms with E-state index in [1.807, 2.05) is 18.0 Å². The van der Waals surface area contributed by atoms with Gasteiger partial charge in [0.05, 0.1) is 16.7 Å². The predicted molar refractivity (Wildman–Crippen MR) is 157 cm³/mol. The summed E-state index contributed by atoms with van der Waals surface area (Å²) >= 11 is 0. The van der Waals surface area contributed by atoms with Gasteiger partial charge in [0.2, 0.25) is 0 Å². The summed E-state index contributed by atoms with van der Waals surface area (Å²) in [6.07, 6.45) is 4.35. The third-order valence-corrected chi connectivity index (χ3v) is 8.40. The average Bonchev–Trinajstić information content (AvgIpc) is 3.39. The van der Waals surface area contributed by atoms with Crippen molar-refractivity contribution in [3.05, 3.63) is 111 Å². The Balaban J connectivity index is 1.39. The number of rotatable bonds is 5. The molecule has 0 N–H and O–H groups in total. The molecular formula is C32H31F2N5O3. The fourth-order valence-corrected chi connectivity index (χ4v) is 6.17. The van der Waals surface area contributed by atoms with Crippen molar-refractivity contribution in [1.29, 1.82) is 0 Å². The third kappa shape index (κ3) is 5.42. The number of halogens is 2. The number of hydrazone groups is 1. The number of nitro groups is 1. The first kappa shape index (κ1) is 27.7. The number of benzene rings is 3.